The first-order valence-corrected chi connectivity index (χ1v) is 9.57. The van der Waals surface area contributed by atoms with Gasteiger partial charge >= 0.3 is 12.0 Å². The summed E-state index contributed by atoms with van der Waals surface area (Å²) >= 11 is 0. The Balaban J connectivity index is 1.56. The Morgan fingerprint density at radius 2 is 1.68 bits per heavy atom. The summed E-state index contributed by atoms with van der Waals surface area (Å²) in [5.41, 5.74) is 3.51. The van der Waals surface area contributed by atoms with Crippen molar-refractivity contribution in [2.75, 3.05) is 43.5 Å². The first-order valence-electron chi connectivity index (χ1n) is 9.57. The highest BCUT2D eigenvalue weighted by Crippen LogP contribution is 2.21. The molecular formula is C22H27N3O3. The number of carbonyl (C=O) groups is 2. The molecule has 0 aromatic heterocycles. The third kappa shape index (κ3) is 4.63. The van der Waals surface area contributed by atoms with Gasteiger partial charge in [-0.15, -0.1) is 0 Å². The summed E-state index contributed by atoms with van der Waals surface area (Å²) < 4.78 is 4.72. The van der Waals surface area contributed by atoms with Crippen LogP contribution in [0.2, 0.25) is 0 Å². The number of ether oxygens (including phenoxy) is 1. The lowest BCUT2D eigenvalue weighted by molar-refractivity contribution is 0.0600. The summed E-state index contributed by atoms with van der Waals surface area (Å²) in [5.74, 6) is 0.0977. The number of hydrogen-bond donors (Lipinski definition) is 1. The van der Waals surface area contributed by atoms with Crippen molar-refractivity contribution in [2.24, 2.45) is 0 Å². The van der Waals surface area contributed by atoms with E-state index in [1.165, 1.54) is 18.4 Å². The smallest absolute Gasteiger partial charge is 0.337 e. The fourth-order valence-electron chi connectivity index (χ4n) is 3.28. The molecule has 0 spiro atoms. The van der Waals surface area contributed by atoms with Gasteiger partial charge in [0.05, 0.1) is 12.7 Å². The van der Waals surface area contributed by atoms with Crippen LogP contribution in [0.4, 0.5) is 16.2 Å². The molecule has 148 valence electrons. The van der Waals surface area contributed by atoms with Gasteiger partial charge in [0, 0.05) is 37.6 Å². The molecule has 0 unspecified atom stereocenters. The molecular weight excluding hydrogens is 354 g/mol. The van der Waals surface area contributed by atoms with Crippen LogP contribution >= 0.6 is 0 Å². The number of anilines is 2. The molecule has 1 N–H and O–H groups in total. The number of benzene rings is 2. The van der Waals surface area contributed by atoms with E-state index in [2.05, 4.69) is 48.3 Å². The van der Waals surface area contributed by atoms with Gasteiger partial charge in [-0.2, -0.15) is 0 Å². The Bertz CT molecular complexity index is 825. The number of methoxy groups -OCH3 is 1. The lowest BCUT2D eigenvalue weighted by atomic mass is 10.0. The third-order valence-electron chi connectivity index (χ3n) is 5.03. The zero-order valence-corrected chi connectivity index (χ0v) is 16.6. The molecule has 1 aliphatic heterocycles. The summed E-state index contributed by atoms with van der Waals surface area (Å²) in [7, 11) is 1.34. The Morgan fingerprint density at radius 1 is 1.00 bits per heavy atom. The Hall–Kier alpha value is -3.02. The van der Waals surface area contributed by atoms with Crippen molar-refractivity contribution in [3.63, 3.8) is 0 Å². The van der Waals surface area contributed by atoms with E-state index in [0.29, 0.717) is 30.3 Å². The number of nitrogens with one attached hydrogen (secondary N) is 1. The molecule has 0 radical (unpaired) electrons. The molecule has 1 saturated heterocycles. The zero-order chi connectivity index (χ0) is 20.1. The Kier molecular flexibility index (Phi) is 6.19. The van der Waals surface area contributed by atoms with Crippen LogP contribution < -0.4 is 10.2 Å². The maximum Gasteiger partial charge on any atom is 0.337 e. The SMILES string of the molecule is COC(=O)c1cccc(NC(=O)N2CCN(c3ccc(C(C)C)cc3)CC2)c1. The van der Waals surface area contributed by atoms with Gasteiger partial charge in [-0.25, -0.2) is 9.59 Å². The quantitative estimate of drug-likeness (QED) is 0.815. The third-order valence-corrected chi connectivity index (χ3v) is 5.03. The van der Waals surface area contributed by atoms with Crippen molar-refractivity contribution in [3.05, 3.63) is 59.7 Å². The number of hydrogen-bond acceptors (Lipinski definition) is 4. The second-order valence-corrected chi connectivity index (χ2v) is 7.22. The Morgan fingerprint density at radius 3 is 2.29 bits per heavy atom. The normalized spacial score (nSPS) is 14.1. The molecule has 2 amide bonds. The van der Waals surface area contributed by atoms with E-state index in [4.69, 9.17) is 4.74 Å². The zero-order valence-electron chi connectivity index (χ0n) is 16.6. The molecule has 2 aromatic carbocycles. The number of esters is 1. The lowest BCUT2D eigenvalue weighted by Crippen LogP contribution is -2.50. The monoisotopic (exact) mass is 381 g/mol. The van der Waals surface area contributed by atoms with Gasteiger partial charge in [-0.3, -0.25) is 0 Å². The van der Waals surface area contributed by atoms with Crippen molar-refractivity contribution in [1.29, 1.82) is 0 Å². The van der Waals surface area contributed by atoms with E-state index in [0.717, 1.165) is 13.1 Å². The van der Waals surface area contributed by atoms with Crippen molar-refractivity contribution >= 4 is 23.4 Å². The molecule has 6 heteroatoms. The van der Waals surface area contributed by atoms with E-state index < -0.39 is 5.97 Å². The van der Waals surface area contributed by atoms with Crippen molar-refractivity contribution < 1.29 is 14.3 Å². The molecule has 1 aliphatic rings. The van der Waals surface area contributed by atoms with Crippen LogP contribution in [0, 0.1) is 0 Å². The molecule has 0 bridgehead atoms. The summed E-state index contributed by atoms with van der Waals surface area (Å²) in [4.78, 5) is 28.3. The summed E-state index contributed by atoms with van der Waals surface area (Å²) in [5, 5.41) is 2.87. The minimum atomic E-state index is -0.423. The molecule has 0 atom stereocenters. The van der Waals surface area contributed by atoms with Gasteiger partial charge < -0.3 is 19.9 Å². The predicted molar refractivity (Wildman–Crippen MR) is 111 cm³/mol. The van der Waals surface area contributed by atoms with Crippen LogP contribution in [0.15, 0.2) is 48.5 Å². The molecule has 28 heavy (non-hydrogen) atoms. The fraction of sp³-hybridized carbons (Fsp3) is 0.364. The maximum atomic E-state index is 12.6. The van der Waals surface area contributed by atoms with Gasteiger partial charge in [-0.1, -0.05) is 32.0 Å². The van der Waals surface area contributed by atoms with Crippen molar-refractivity contribution in [2.45, 2.75) is 19.8 Å². The van der Waals surface area contributed by atoms with Crippen LogP contribution in [0.1, 0.15) is 35.7 Å². The molecule has 1 fully saturated rings. The molecule has 2 aromatic rings. The second kappa shape index (κ2) is 8.78. The average molecular weight is 381 g/mol. The fourth-order valence-corrected chi connectivity index (χ4v) is 3.28. The topological polar surface area (TPSA) is 61.9 Å². The highest BCUT2D eigenvalue weighted by atomic mass is 16.5. The number of nitrogens with zero attached hydrogens (tertiary/aromatic N) is 2. The first-order chi connectivity index (χ1) is 13.5. The van der Waals surface area contributed by atoms with E-state index >= 15 is 0 Å². The van der Waals surface area contributed by atoms with E-state index in [1.807, 2.05) is 0 Å². The van der Waals surface area contributed by atoms with Gasteiger partial charge in [0.15, 0.2) is 0 Å². The first kappa shape index (κ1) is 19.7. The largest absolute Gasteiger partial charge is 0.465 e. The number of urea groups is 1. The number of piperazine rings is 1. The molecule has 3 rings (SSSR count). The Labute approximate surface area is 166 Å². The molecule has 0 aliphatic carbocycles. The minimum absolute atomic E-state index is 0.156. The average Bonchev–Trinajstić information content (AvgIpc) is 2.73. The van der Waals surface area contributed by atoms with Crippen molar-refractivity contribution in [1.82, 2.24) is 4.90 Å². The highest BCUT2D eigenvalue weighted by molar-refractivity contribution is 5.94. The highest BCUT2D eigenvalue weighted by Gasteiger charge is 2.21. The summed E-state index contributed by atoms with van der Waals surface area (Å²) in [6, 6.07) is 15.3. The predicted octanol–water partition coefficient (Wildman–Crippen LogP) is 3.95. The van der Waals surface area contributed by atoms with Gasteiger partial charge in [-0.05, 0) is 41.8 Å². The number of rotatable bonds is 4. The summed E-state index contributed by atoms with van der Waals surface area (Å²) in [6.07, 6.45) is 0. The van der Waals surface area contributed by atoms with Gasteiger partial charge in [0.1, 0.15) is 0 Å². The maximum absolute atomic E-state index is 12.6. The van der Waals surface area contributed by atoms with Crippen LogP contribution in [0.25, 0.3) is 0 Å². The van der Waals surface area contributed by atoms with Gasteiger partial charge in [0.2, 0.25) is 0 Å². The summed E-state index contributed by atoms with van der Waals surface area (Å²) in [6.45, 7) is 7.25. The molecule has 0 saturated carbocycles. The second-order valence-electron chi connectivity index (χ2n) is 7.22. The van der Waals surface area contributed by atoms with Crippen LogP contribution in [0.3, 0.4) is 0 Å². The van der Waals surface area contributed by atoms with Crippen LogP contribution in [0.5, 0.6) is 0 Å². The van der Waals surface area contributed by atoms with Crippen molar-refractivity contribution in [3.8, 4) is 0 Å². The van der Waals surface area contributed by atoms with Crippen LogP contribution in [-0.4, -0.2) is 50.2 Å². The van der Waals surface area contributed by atoms with E-state index in [9.17, 15) is 9.59 Å². The van der Waals surface area contributed by atoms with Crippen LogP contribution in [-0.2, 0) is 4.74 Å². The van der Waals surface area contributed by atoms with E-state index in [1.54, 1.807) is 29.2 Å². The lowest BCUT2D eigenvalue weighted by Gasteiger charge is -2.36. The standard InChI is InChI=1S/C22H27N3O3/c1-16(2)17-7-9-20(10-8-17)24-11-13-25(14-12-24)22(27)23-19-6-4-5-18(15-19)21(26)28-3/h4-10,15-16H,11-14H2,1-3H3,(H,23,27). The molecule has 1 heterocycles. The number of carbonyl (C=O) groups excluding carboxylic acids is 2. The number of amides is 2. The minimum Gasteiger partial charge on any atom is -0.465 e. The van der Waals surface area contributed by atoms with Gasteiger partial charge in [0.25, 0.3) is 0 Å². The molecule has 6 nitrogen and oxygen atoms in total. The van der Waals surface area contributed by atoms with E-state index in [-0.39, 0.29) is 6.03 Å².